The van der Waals surface area contributed by atoms with E-state index in [1.54, 1.807) is 66.7 Å². The van der Waals surface area contributed by atoms with Gasteiger partial charge in [0.05, 0.1) is 35.3 Å². The number of aromatic nitrogens is 1. The fraction of sp³-hybridized carbons (Fsp3) is 0.208. The van der Waals surface area contributed by atoms with E-state index in [1.165, 1.54) is 10.6 Å². The van der Waals surface area contributed by atoms with E-state index in [-0.39, 0.29) is 36.9 Å². The molecule has 0 spiro atoms. The number of nitrogens with zero attached hydrogens (tertiary/aromatic N) is 2. The molecule has 1 atom stereocenters. The standard InChI is InChI=1S/C24H21Cl2N3O4/c1-33-19-6-4-18(5-7-19)29-13-16(11-23(29)31)24(32)27-17-3-9-22(30)28(14-17)12-15-2-8-20(25)21(26)10-15/h2-10,14,16H,11-13H2,1H3,(H,27,32). The number of ether oxygens (including phenoxy) is 1. The van der Waals surface area contributed by atoms with E-state index in [0.717, 1.165) is 5.56 Å². The van der Waals surface area contributed by atoms with Crippen molar-refractivity contribution < 1.29 is 14.3 Å². The van der Waals surface area contributed by atoms with Gasteiger partial charge in [-0.05, 0) is 48.0 Å². The van der Waals surface area contributed by atoms with Crippen LogP contribution in [0.3, 0.4) is 0 Å². The van der Waals surface area contributed by atoms with Gasteiger partial charge in [-0.15, -0.1) is 0 Å². The Hall–Kier alpha value is -3.29. The molecule has 0 bridgehead atoms. The molecule has 0 saturated carbocycles. The predicted molar refractivity (Wildman–Crippen MR) is 128 cm³/mol. The lowest BCUT2D eigenvalue weighted by atomic mass is 10.1. The van der Waals surface area contributed by atoms with Gasteiger partial charge in [-0.1, -0.05) is 29.3 Å². The number of halogens is 2. The van der Waals surface area contributed by atoms with E-state index >= 15 is 0 Å². The van der Waals surface area contributed by atoms with Crippen molar-refractivity contribution >= 4 is 46.4 Å². The van der Waals surface area contributed by atoms with Gasteiger partial charge >= 0.3 is 0 Å². The van der Waals surface area contributed by atoms with Gasteiger partial charge in [0, 0.05) is 30.9 Å². The van der Waals surface area contributed by atoms with Crippen molar-refractivity contribution in [2.24, 2.45) is 5.92 Å². The van der Waals surface area contributed by atoms with Crippen LogP contribution < -0.4 is 20.5 Å². The molecule has 2 aromatic carbocycles. The molecule has 33 heavy (non-hydrogen) atoms. The number of pyridine rings is 1. The highest BCUT2D eigenvalue weighted by Gasteiger charge is 2.35. The molecule has 9 heteroatoms. The molecule has 1 aliphatic heterocycles. The summed E-state index contributed by atoms with van der Waals surface area (Å²) in [4.78, 5) is 39.2. The van der Waals surface area contributed by atoms with E-state index in [1.807, 2.05) is 0 Å². The fourth-order valence-electron chi connectivity index (χ4n) is 3.70. The Morgan fingerprint density at radius 2 is 1.82 bits per heavy atom. The van der Waals surface area contributed by atoms with Crippen LogP contribution in [0, 0.1) is 5.92 Å². The molecule has 1 saturated heterocycles. The van der Waals surface area contributed by atoms with Crippen LogP contribution in [0.2, 0.25) is 10.0 Å². The summed E-state index contributed by atoms with van der Waals surface area (Å²) in [6, 6.07) is 15.2. The third kappa shape index (κ3) is 5.21. The number of carbonyl (C=O) groups excluding carboxylic acids is 2. The number of hydrogen-bond donors (Lipinski definition) is 1. The molecule has 0 aliphatic carbocycles. The molecule has 2 heterocycles. The Labute approximate surface area is 200 Å². The fourth-order valence-corrected chi connectivity index (χ4v) is 4.02. The SMILES string of the molecule is COc1ccc(N2CC(C(=O)Nc3ccc(=O)n(Cc4ccc(Cl)c(Cl)c4)c3)CC2=O)cc1. The van der Waals surface area contributed by atoms with Crippen LogP contribution in [0.4, 0.5) is 11.4 Å². The maximum Gasteiger partial charge on any atom is 0.250 e. The average Bonchev–Trinajstić information content (AvgIpc) is 3.20. The van der Waals surface area contributed by atoms with Gasteiger partial charge in [0.15, 0.2) is 0 Å². The van der Waals surface area contributed by atoms with Crippen molar-refractivity contribution in [3.8, 4) is 5.75 Å². The van der Waals surface area contributed by atoms with Crippen molar-refractivity contribution in [2.75, 3.05) is 23.9 Å². The lowest BCUT2D eigenvalue weighted by Gasteiger charge is -2.17. The van der Waals surface area contributed by atoms with E-state index < -0.39 is 5.92 Å². The molecular formula is C24H21Cl2N3O4. The van der Waals surface area contributed by atoms with Crippen LogP contribution in [0.25, 0.3) is 0 Å². The number of nitrogens with one attached hydrogen (secondary N) is 1. The van der Waals surface area contributed by atoms with Gasteiger partial charge in [0.25, 0.3) is 5.56 Å². The summed E-state index contributed by atoms with van der Waals surface area (Å²) in [5.74, 6) is -0.213. The first kappa shape index (κ1) is 22.9. The van der Waals surface area contributed by atoms with Crippen LogP contribution in [0.1, 0.15) is 12.0 Å². The number of rotatable bonds is 6. The first-order valence-electron chi connectivity index (χ1n) is 10.2. The van der Waals surface area contributed by atoms with E-state index in [0.29, 0.717) is 27.2 Å². The van der Waals surface area contributed by atoms with Crippen LogP contribution in [0.5, 0.6) is 5.75 Å². The van der Waals surface area contributed by atoms with E-state index in [9.17, 15) is 14.4 Å². The first-order chi connectivity index (χ1) is 15.8. The molecule has 2 amide bonds. The Balaban J connectivity index is 1.45. The second-order valence-electron chi connectivity index (χ2n) is 7.73. The van der Waals surface area contributed by atoms with E-state index in [2.05, 4.69) is 5.32 Å². The number of carbonyl (C=O) groups is 2. The minimum atomic E-state index is -0.505. The molecule has 1 aromatic heterocycles. The van der Waals surface area contributed by atoms with Crippen LogP contribution in [0.15, 0.2) is 65.6 Å². The Kier molecular flexibility index (Phi) is 6.72. The van der Waals surface area contributed by atoms with Gasteiger partial charge < -0.3 is 19.5 Å². The summed E-state index contributed by atoms with van der Waals surface area (Å²) in [5.41, 5.74) is 1.76. The van der Waals surface area contributed by atoms with Crippen molar-refractivity contribution in [1.82, 2.24) is 4.57 Å². The Morgan fingerprint density at radius 1 is 1.06 bits per heavy atom. The van der Waals surface area contributed by atoms with Crippen molar-refractivity contribution in [2.45, 2.75) is 13.0 Å². The van der Waals surface area contributed by atoms with Crippen LogP contribution >= 0.6 is 23.2 Å². The predicted octanol–water partition coefficient (Wildman–Crippen LogP) is 4.20. The third-order valence-electron chi connectivity index (χ3n) is 5.47. The zero-order chi connectivity index (χ0) is 23.5. The van der Waals surface area contributed by atoms with Crippen LogP contribution in [-0.2, 0) is 16.1 Å². The zero-order valence-corrected chi connectivity index (χ0v) is 19.3. The van der Waals surface area contributed by atoms with Gasteiger partial charge in [0.1, 0.15) is 5.75 Å². The maximum absolute atomic E-state index is 12.8. The van der Waals surface area contributed by atoms with E-state index in [4.69, 9.17) is 27.9 Å². The van der Waals surface area contributed by atoms with Crippen molar-refractivity contribution in [3.63, 3.8) is 0 Å². The van der Waals surface area contributed by atoms with Gasteiger partial charge in [-0.3, -0.25) is 14.4 Å². The minimum Gasteiger partial charge on any atom is -0.497 e. The zero-order valence-electron chi connectivity index (χ0n) is 17.8. The summed E-state index contributed by atoms with van der Waals surface area (Å²) in [7, 11) is 1.57. The number of methoxy groups -OCH3 is 1. The molecule has 1 fully saturated rings. The summed E-state index contributed by atoms with van der Waals surface area (Å²) in [6.45, 7) is 0.548. The summed E-state index contributed by atoms with van der Waals surface area (Å²) in [5, 5.41) is 3.66. The molecular weight excluding hydrogens is 465 g/mol. The summed E-state index contributed by atoms with van der Waals surface area (Å²) < 4.78 is 6.62. The number of benzene rings is 2. The summed E-state index contributed by atoms with van der Waals surface area (Å²) in [6.07, 6.45) is 1.68. The van der Waals surface area contributed by atoms with Gasteiger partial charge in [0.2, 0.25) is 11.8 Å². The first-order valence-corrected chi connectivity index (χ1v) is 11.0. The molecule has 3 aromatic rings. The molecule has 7 nitrogen and oxygen atoms in total. The highest BCUT2D eigenvalue weighted by atomic mass is 35.5. The van der Waals surface area contributed by atoms with Crippen molar-refractivity contribution in [1.29, 1.82) is 0 Å². The Bertz CT molecular complexity index is 1260. The van der Waals surface area contributed by atoms with Gasteiger partial charge in [-0.2, -0.15) is 0 Å². The molecule has 4 rings (SSSR count). The molecule has 1 unspecified atom stereocenters. The normalized spacial score (nSPS) is 15.5. The topological polar surface area (TPSA) is 80.6 Å². The quantitative estimate of drug-likeness (QED) is 0.567. The number of hydrogen-bond acceptors (Lipinski definition) is 4. The van der Waals surface area contributed by atoms with Crippen molar-refractivity contribution in [3.05, 3.63) is 86.8 Å². The number of amides is 2. The average molecular weight is 486 g/mol. The summed E-state index contributed by atoms with van der Waals surface area (Å²) >= 11 is 12.0. The lowest BCUT2D eigenvalue weighted by molar-refractivity contribution is -0.122. The largest absolute Gasteiger partial charge is 0.497 e. The second kappa shape index (κ2) is 9.68. The third-order valence-corrected chi connectivity index (χ3v) is 6.21. The lowest BCUT2D eigenvalue weighted by Crippen LogP contribution is -2.28. The molecule has 170 valence electrons. The highest BCUT2D eigenvalue weighted by Crippen LogP contribution is 2.28. The second-order valence-corrected chi connectivity index (χ2v) is 8.54. The smallest absolute Gasteiger partial charge is 0.250 e. The minimum absolute atomic E-state index is 0.112. The maximum atomic E-state index is 12.8. The number of anilines is 2. The molecule has 1 N–H and O–H groups in total. The monoisotopic (exact) mass is 485 g/mol. The Morgan fingerprint density at radius 3 is 2.52 bits per heavy atom. The highest BCUT2D eigenvalue weighted by molar-refractivity contribution is 6.42. The van der Waals surface area contributed by atoms with Crippen LogP contribution in [-0.4, -0.2) is 30.0 Å². The molecule has 0 radical (unpaired) electrons. The molecule has 1 aliphatic rings. The van der Waals surface area contributed by atoms with Gasteiger partial charge in [-0.25, -0.2) is 0 Å².